The standard InChI is InChI=1S/C12H13Cl2NO2/c1-12(2)5-15-10(11(16)17)9-7(12)3-6(13)4-8(9)14/h3-4,10,15H,5H2,1-2H3,(H,16,17). The SMILES string of the molecule is CC1(C)CNC(C(=O)O)c2c(Cl)cc(Cl)cc21. The van der Waals surface area contributed by atoms with Gasteiger partial charge in [-0.05, 0) is 17.7 Å². The highest BCUT2D eigenvalue weighted by Gasteiger charge is 2.37. The van der Waals surface area contributed by atoms with E-state index in [1.807, 2.05) is 13.8 Å². The number of nitrogens with one attached hydrogen (secondary N) is 1. The molecule has 0 bridgehead atoms. The molecule has 1 heterocycles. The van der Waals surface area contributed by atoms with Gasteiger partial charge in [0.15, 0.2) is 0 Å². The molecule has 0 saturated carbocycles. The molecule has 5 heteroatoms. The molecule has 17 heavy (non-hydrogen) atoms. The molecule has 0 fully saturated rings. The monoisotopic (exact) mass is 273 g/mol. The molecule has 0 aromatic heterocycles. The molecular formula is C12H13Cl2NO2. The van der Waals surface area contributed by atoms with Crippen LogP contribution in [0.2, 0.25) is 10.0 Å². The summed E-state index contributed by atoms with van der Waals surface area (Å²) in [6.07, 6.45) is 0. The third kappa shape index (κ3) is 2.15. The van der Waals surface area contributed by atoms with Crippen LogP contribution in [-0.4, -0.2) is 17.6 Å². The summed E-state index contributed by atoms with van der Waals surface area (Å²) in [6, 6.07) is 2.63. The maximum absolute atomic E-state index is 11.2. The fraction of sp³-hybridized carbons (Fsp3) is 0.417. The topological polar surface area (TPSA) is 49.3 Å². The summed E-state index contributed by atoms with van der Waals surface area (Å²) in [5.74, 6) is -0.925. The number of rotatable bonds is 1. The fourth-order valence-electron chi connectivity index (χ4n) is 2.20. The second-order valence-corrected chi connectivity index (χ2v) is 5.73. The number of fused-ring (bicyclic) bond motifs is 1. The third-order valence-corrected chi connectivity index (χ3v) is 3.64. The normalized spacial score (nSPS) is 22.0. The Morgan fingerprint density at radius 3 is 2.71 bits per heavy atom. The van der Waals surface area contributed by atoms with Crippen molar-refractivity contribution in [2.24, 2.45) is 0 Å². The molecule has 1 aliphatic rings. The Bertz CT molecular complexity index is 486. The Labute approximate surface area is 110 Å². The molecule has 1 aromatic carbocycles. The molecule has 0 saturated heterocycles. The average molecular weight is 274 g/mol. The summed E-state index contributed by atoms with van der Waals surface area (Å²) in [7, 11) is 0. The number of carbonyl (C=O) groups is 1. The first kappa shape index (κ1) is 12.7. The Hall–Kier alpha value is -0.770. The predicted molar refractivity (Wildman–Crippen MR) is 67.9 cm³/mol. The second kappa shape index (κ2) is 4.16. The zero-order chi connectivity index (χ0) is 12.8. The van der Waals surface area contributed by atoms with Crippen molar-refractivity contribution < 1.29 is 9.90 Å². The number of benzene rings is 1. The van der Waals surface area contributed by atoms with Gasteiger partial charge in [0.25, 0.3) is 0 Å². The van der Waals surface area contributed by atoms with Crippen LogP contribution in [0.5, 0.6) is 0 Å². The van der Waals surface area contributed by atoms with Crippen molar-refractivity contribution in [3.05, 3.63) is 33.3 Å². The van der Waals surface area contributed by atoms with Crippen LogP contribution in [0, 0.1) is 0 Å². The lowest BCUT2D eigenvalue weighted by Crippen LogP contribution is -2.44. The lowest BCUT2D eigenvalue weighted by atomic mass is 9.76. The molecule has 3 nitrogen and oxygen atoms in total. The third-order valence-electron chi connectivity index (χ3n) is 3.11. The molecule has 92 valence electrons. The Morgan fingerprint density at radius 1 is 1.47 bits per heavy atom. The summed E-state index contributed by atoms with van der Waals surface area (Å²) in [4.78, 5) is 11.2. The van der Waals surface area contributed by atoms with E-state index in [1.165, 1.54) is 0 Å². The van der Waals surface area contributed by atoms with Gasteiger partial charge in [0, 0.05) is 27.6 Å². The van der Waals surface area contributed by atoms with Gasteiger partial charge in [-0.25, -0.2) is 0 Å². The van der Waals surface area contributed by atoms with Gasteiger partial charge < -0.3 is 5.11 Å². The van der Waals surface area contributed by atoms with Crippen molar-refractivity contribution in [1.82, 2.24) is 5.32 Å². The highest BCUT2D eigenvalue weighted by atomic mass is 35.5. The molecule has 1 aliphatic heterocycles. The number of carboxylic acid groups (broad SMARTS) is 1. The predicted octanol–water partition coefficient (Wildman–Crippen LogP) is 3.00. The van der Waals surface area contributed by atoms with Gasteiger partial charge in [0.1, 0.15) is 6.04 Å². The van der Waals surface area contributed by atoms with Crippen molar-refractivity contribution in [1.29, 1.82) is 0 Å². The highest BCUT2D eigenvalue weighted by Crippen LogP contribution is 2.40. The quantitative estimate of drug-likeness (QED) is 0.827. The maximum atomic E-state index is 11.2. The Morgan fingerprint density at radius 2 is 2.12 bits per heavy atom. The number of aliphatic carboxylic acids is 1. The summed E-state index contributed by atoms with van der Waals surface area (Å²) >= 11 is 12.1. The Balaban J connectivity index is 2.68. The second-order valence-electron chi connectivity index (χ2n) is 4.88. The lowest BCUT2D eigenvalue weighted by molar-refractivity contribution is -0.140. The van der Waals surface area contributed by atoms with E-state index in [4.69, 9.17) is 23.2 Å². The minimum absolute atomic E-state index is 0.185. The van der Waals surface area contributed by atoms with E-state index in [0.717, 1.165) is 5.56 Å². The van der Waals surface area contributed by atoms with Crippen LogP contribution in [-0.2, 0) is 10.2 Å². The van der Waals surface area contributed by atoms with Gasteiger partial charge in [-0.2, -0.15) is 0 Å². The van der Waals surface area contributed by atoms with Crippen LogP contribution in [0.25, 0.3) is 0 Å². The van der Waals surface area contributed by atoms with Crippen molar-refractivity contribution in [3.63, 3.8) is 0 Å². The van der Waals surface area contributed by atoms with Gasteiger partial charge in [-0.15, -0.1) is 0 Å². The van der Waals surface area contributed by atoms with E-state index >= 15 is 0 Å². The van der Waals surface area contributed by atoms with E-state index in [1.54, 1.807) is 12.1 Å². The van der Waals surface area contributed by atoms with E-state index in [2.05, 4.69) is 5.32 Å². The van der Waals surface area contributed by atoms with Crippen LogP contribution in [0.1, 0.15) is 31.0 Å². The van der Waals surface area contributed by atoms with Gasteiger partial charge in [0.2, 0.25) is 0 Å². The summed E-state index contributed by atoms with van der Waals surface area (Å²) < 4.78 is 0. The summed E-state index contributed by atoms with van der Waals surface area (Å²) in [5, 5.41) is 13.1. The van der Waals surface area contributed by atoms with Gasteiger partial charge >= 0.3 is 5.97 Å². The van der Waals surface area contributed by atoms with E-state index < -0.39 is 12.0 Å². The molecule has 0 spiro atoms. The first-order chi connectivity index (χ1) is 7.83. The summed E-state index contributed by atoms with van der Waals surface area (Å²) in [5.41, 5.74) is 1.34. The minimum Gasteiger partial charge on any atom is -0.480 e. The average Bonchev–Trinajstić information content (AvgIpc) is 2.18. The van der Waals surface area contributed by atoms with E-state index in [0.29, 0.717) is 22.2 Å². The van der Waals surface area contributed by atoms with Crippen molar-refractivity contribution in [3.8, 4) is 0 Å². The van der Waals surface area contributed by atoms with Crippen LogP contribution >= 0.6 is 23.2 Å². The zero-order valence-corrected chi connectivity index (χ0v) is 11.1. The lowest BCUT2D eigenvalue weighted by Gasteiger charge is -2.37. The minimum atomic E-state index is -0.925. The first-order valence-electron chi connectivity index (χ1n) is 5.28. The van der Waals surface area contributed by atoms with Crippen LogP contribution in [0.15, 0.2) is 12.1 Å². The summed E-state index contributed by atoms with van der Waals surface area (Å²) in [6.45, 7) is 4.64. The van der Waals surface area contributed by atoms with E-state index in [-0.39, 0.29) is 5.41 Å². The molecule has 1 atom stereocenters. The number of hydrogen-bond donors (Lipinski definition) is 2. The molecular weight excluding hydrogens is 261 g/mol. The number of halogens is 2. The molecule has 1 unspecified atom stereocenters. The van der Waals surface area contributed by atoms with Gasteiger partial charge in [-0.1, -0.05) is 37.0 Å². The molecule has 1 aromatic rings. The molecule has 2 N–H and O–H groups in total. The van der Waals surface area contributed by atoms with Crippen LogP contribution < -0.4 is 5.32 Å². The largest absolute Gasteiger partial charge is 0.480 e. The van der Waals surface area contributed by atoms with Crippen molar-refractivity contribution >= 4 is 29.2 Å². The zero-order valence-electron chi connectivity index (χ0n) is 9.55. The van der Waals surface area contributed by atoms with Gasteiger partial charge in [-0.3, -0.25) is 10.1 Å². The van der Waals surface area contributed by atoms with Gasteiger partial charge in [0.05, 0.1) is 0 Å². The van der Waals surface area contributed by atoms with Crippen LogP contribution in [0.4, 0.5) is 0 Å². The molecule has 0 radical (unpaired) electrons. The first-order valence-corrected chi connectivity index (χ1v) is 6.04. The molecule has 2 rings (SSSR count). The number of carboxylic acids is 1. The Kier molecular flexibility index (Phi) is 3.10. The maximum Gasteiger partial charge on any atom is 0.325 e. The van der Waals surface area contributed by atoms with Crippen LogP contribution in [0.3, 0.4) is 0 Å². The van der Waals surface area contributed by atoms with E-state index in [9.17, 15) is 9.90 Å². The fourth-order valence-corrected chi connectivity index (χ4v) is 2.81. The highest BCUT2D eigenvalue weighted by molar-refractivity contribution is 6.35. The van der Waals surface area contributed by atoms with Crippen molar-refractivity contribution in [2.75, 3.05) is 6.54 Å². The molecule has 0 amide bonds. The smallest absolute Gasteiger partial charge is 0.325 e. The number of hydrogen-bond acceptors (Lipinski definition) is 2. The van der Waals surface area contributed by atoms with Crippen molar-refractivity contribution in [2.45, 2.75) is 25.3 Å². The molecule has 0 aliphatic carbocycles.